The van der Waals surface area contributed by atoms with Crippen molar-refractivity contribution in [3.63, 3.8) is 0 Å². The van der Waals surface area contributed by atoms with Crippen LogP contribution < -0.4 is 36.4 Å². The number of anilines is 12. The summed E-state index contributed by atoms with van der Waals surface area (Å²) < 4.78 is 30.8. The first-order valence-corrected chi connectivity index (χ1v) is 48.7. The van der Waals surface area contributed by atoms with Gasteiger partial charge in [-0.25, -0.2) is 9.97 Å². The zero-order valence-electron chi connectivity index (χ0n) is 77.4. The zero-order chi connectivity index (χ0) is 100. The van der Waals surface area contributed by atoms with Gasteiger partial charge >= 0.3 is 29.8 Å². The van der Waals surface area contributed by atoms with Crippen LogP contribution >= 0.6 is 116 Å². The van der Waals surface area contributed by atoms with Gasteiger partial charge in [-0.3, -0.25) is 29.0 Å². The lowest BCUT2D eigenvalue weighted by atomic mass is 10.1. The largest absolute Gasteiger partial charge is 0.465 e. The lowest BCUT2D eigenvalue weighted by Gasteiger charge is -2.19. The highest BCUT2D eigenvalue weighted by Gasteiger charge is 2.21. The molecule has 0 aliphatic rings. The number of ether oxygens (including phenoxy) is 5. The molecule has 0 bridgehead atoms. The molecule has 3 aromatic heterocycles. The number of benzene rings is 13. The quantitative estimate of drug-likeness (QED) is 0.0179. The summed E-state index contributed by atoms with van der Waals surface area (Å²) in [5, 5.41) is 21.2. The number of carbonyl (C=O) groups excluding carboxylic acids is 5. The van der Waals surface area contributed by atoms with E-state index in [-0.39, 0.29) is 68.6 Å². The molecule has 0 fully saturated rings. The minimum atomic E-state index is -0.307. The second-order valence-electron chi connectivity index (χ2n) is 31.7. The van der Waals surface area contributed by atoms with Gasteiger partial charge in [-0.2, -0.15) is 0 Å². The molecule has 142 heavy (non-hydrogen) atoms. The van der Waals surface area contributed by atoms with Crippen LogP contribution in [0.15, 0.2) is 341 Å². The fraction of sp³-hybridized carbons (Fsp3) is 0.164. The van der Waals surface area contributed by atoms with E-state index >= 15 is 0 Å². The van der Waals surface area contributed by atoms with Crippen LogP contribution in [0.5, 0.6) is 0 Å². The van der Waals surface area contributed by atoms with Crippen molar-refractivity contribution in [3.05, 3.63) is 430 Å². The summed E-state index contributed by atoms with van der Waals surface area (Å²) >= 11 is 62.3. The normalized spacial score (nSPS) is 10.6. The Morgan fingerprint density at radius 3 is 0.993 bits per heavy atom. The average Bonchev–Trinajstić information content (AvgIpc) is 1.48. The Hall–Kier alpha value is -13.5. The number of imidazole rings is 2. The van der Waals surface area contributed by atoms with E-state index < -0.39 is 0 Å². The first-order valence-electron chi connectivity index (χ1n) is 44.9. The summed E-state index contributed by atoms with van der Waals surface area (Å²) in [6.45, 7) is 3.24. The molecular weight excluding hydrogens is 2000 g/mol. The van der Waals surface area contributed by atoms with E-state index in [1.807, 2.05) is 240 Å². The number of nitrogens with zero attached hydrogens (tertiary/aromatic N) is 7. The lowest BCUT2D eigenvalue weighted by molar-refractivity contribution is -0.144. The van der Waals surface area contributed by atoms with Gasteiger partial charge in [-0.15, -0.1) is 0 Å². The van der Waals surface area contributed by atoms with Gasteiger partial charge in [0.25, 0.3) is 0 Å². The molecule has 5 N–H and O–H groups in total. The first kappa shape index (κ1) is 107. The molecule has 32 heteroatoms. The summed E-state index contributed by atoms with van der Waals surface area (Å²) in [5.74, 6) is -1.47. The molecule has 0 aliphatic carbocycles. The number of esters is 5. The SMILES string of the molecule is CN(C)c1ccc(CCOC(=O)Cc2ccccc2Nc2c(Cl)cccc2Cl)cc1.CN(CCOC(=O)Cc1ccccc1Nc1c(Cl)cccc1Cl)c1ccccc1.O=C(Cc1ccccc1Nc1c(Cl)cccc1Cl)OCCc1ccccn1.O=C(Cc1ccccc1Nc1c(Cl)cccc1Cl)OCCn1ccnc1.O=C(Cc1ccccc1Nc1c(Cl)cccc1Cl)OCCn1cnc2ccccc21. The fourth-order valence-corrected chi connectivity index (χ4v) is 16.5. The highest BCUT2D eigenvalue weighted by atomic mass is 35.5. The highest BCUT2D eigenvalue weighted by molar-refractivity contribution is 6.42. The van der Waals surface area contributed by atoms with E-state index in [4.69, 9.17) is 140 Å². The molecular formula is C110H100Cl10N12O10. The Bertz CT molecular complexity index is 6730. The number of hydrogen-bond donors (Lipinski definition) is 5. The van der Waals surface area contributed by atoms with Crippen molar-refractivity contribution in [3.8, 4) is 0 Å². The van der Waals surface area contributed by atoms with Gasteiger partial charge in [0.05, 0.1) is 167 Å². The third-order valence-corrected chi connectivity index (χ3v) is 24.7. The Morgan fingerprint density at radius 1 is 0.303 bits per heavy atom. The van der Waals surface area contributed by atoms with Crippen LogP contribution in [0.25, 0.3) is 11.0 Å². The molecule has 0 amide bonds. The van der Waals surface area contributed by atoms with Gasteiger partial charge in [-0.05, 0) is 173 Å². The number of fused-ring (bicyclic) bond motifs is 1. The van der Waals surface area contributed by atoms with Crippen molar-refractivity contribution in [1.82, 2.24) is 24.1 Å². The zero-order valence-corrected chi connectivity index (χ0v) is 85.0. The Kier molecular flexibility index (Phi) is 42.5. The maximum atomic E-state index is 12.4. The summed E-state index contributed by atoms with van der Waals surface area (Å²) in [6.07, 6.45) is 10.7. The Balaban J connectivity index is 0.000000159. The molecule has 13 aromatic carbocycles. The van der Waals surface area contributed by atoms with E-state index in [0.29, 0.717) is 138 Å². The maximum Gasteiger partial charge on any atom is 0.310 e. The molecule has 0 atom stereocenters. The molecule has 0 saturated carbocycles. The van der Waals surface area contributed by atoms with E-state index in [9.17, 15) is 24.0 Å². The molecule has 0 saturated heterocycles. The van der Waals surface area contributed by atoms with Gasteiger partial charge in [0, 0.05) is 98.1 Å². The van der Waals surface area contributed by atoms with Crippen LogP contribution in [0.1, 0.15) is 39.1 Å². The van der Waals surface area contributed by atoms with Crippen molar-refractivity contribution in [2.45, 2.75) is 58.0 Å². The molecule has 16 rings (SSSR count). The van der Waals surface area contributed by atoms with Gasteiger partial charge in [0.1, 0.15) is 19.8 Å². The summed E-state index contributed by atoms with van der Waals surface area (Å²) in [7, 11) is 5.97. The van der Waals surface area contributed by atoms with Crippen LogP contribution in [0.2, 0.25) is 50.2 Å². The fourth-order valence-electron chi connectivity index (χ4n) is 14.1. The second-order valence-corrected chi connectivity index (χ2v) is 35.8. The van der Waals surface area contributed by atoms with E-state index in [1.165, 1.54) is 0 Å². The van der Waals surface area contributed by atoms with Gasteiger partial charge in [0.2, 0.25) is 0 Å². The van der Waals surface area contributed by atoms with E-state index in [1.54, 1.807) is 116 Å². The van der Waals surface area contributed by atoms with Crippen LogP contribution in [-0.2, 0) is 106 Å². The van der Waals surface area contributed by atoms with Crippen molar-refractivity contribution in [2.24, 2.45) is 0 Å². The van der Waals surface area contributed by atoms with Gasteiger partial charge in [-0.1, -0.05) is 286 Å². The molecule has 0 aliphatic heterocycles. The number of hydrogen-bond acceptors (Lipinski definition) is 20. The van der Waals surface area contributed by atoms with E-state index in [2.05, 4.69) is 65.8 Å². The van der Waals surface area contributed by atoms with Crippen molar-refractivity contribution in [1.29, 1.82) is 0 Å². The number of aromatic nitrogens is 5. The number of nitrogens with one attached hydrogen (secondary N) is 5. The van der Waals surface area contributed by atoms with Crippen molar-refractivity contribution < 1.29 is 47.7 Å². The molecule has 730 valence electrons. The predicted octanol–water partition coefficient (Wildman–Crippen LogP) is 28.1. The van der Waals surface area contributed by atoms with E-state index in [0.717, 1.165) is 89.9 Å². The first-order chi connectivity index (χ1) is 68.9. The number of rotatable bonds is 37. The number of pyridine rings is 1. The van der Waals surface area contributed by atoms with Crippen molar-refractivity contribution in [2.75, 3.05) is 97.1 Å². The number of halogens is 10. The molecule has 3 heterocycles. The average molecular weight is 2100 g/mol. The van der Waals surface area contributed by atoms with Crippen LogP contribution in [0.3, 0.4) is 0 Å². The molecule has 0 spiro atoms. The van der Waals surface area contributed by atoms with Gasteiger partial charge in [0.15, 0.2) is 0 Å². The smallest absolute Gasteiger partial charge is 0.310 e. The lowest BCUT2D eigenvalue weighted by Crippen LogP contribution is -2.24. The third-order valence-electron chi connectivity index (χ3n) is 21.5. The Labute approximate surface area is 875 Å². The summed E-state index contributed by atoms with van der Waals surface area (Å²) in [6, 6.07) is 95.7. The second kappa shape index (κ2) is 56.3. The monoisotopic (exact) mass is 2100 g/mol. The van der Waals surface area contributed by atoms with Crippen molar-refractivity contribution >= 4 is 225 Å². The van der Waals surface area contributed by atoms with Gasteiger partial charge < -0.3 is 69.2 Å². The summed E-state index contributed by atoms with van der Waals surface area (Å²) in [4.78, 5) is 78.1. The maximum absolute atomic E-state index is 12.4. The minimum absolute atomic E-state index is 0.135. The predicted molar refractivity (Wildman–Crippen MR) is 578 cm³/mol. The number of likely N-dealkylation sites (N-methyl/N-ethyl adjacent to an activating group) is 1. The number of carbonyl (C=O) groups is 5. The standard InChI is InChI=1S/C24H24Cl2N2O2.C23H19Cl2N3O2.C23H22Cl2N2O2.C21H18Cl2N2O2.C19H17Cl2N3O2/c1-28(2)19-12-10-17(11-13-19)14-15-30-23(29)16-18-6-3-4-9-22(18)27-24-20(25)7-5-8-21(24)26;24-17-7-5-8-18(25)23(17)27-19-9-2-1-6-16(19)14-22(29)30-13-12-28-15-26-20-10-3-4-11-21(20)28;1-27(18-9-3-2-4-10-18)14-15-29-22(28)16-17-8-5-6-13-21(17)26-23-19(24)11-7-12-20(23)25;22-17-8-5-9-18(23)21(17)25-19-10-2-1-6-15(19)14-20(26)27-13-11-16-7-3-4-12-24-16;20-15-5-3-6-16(21)19(15)23-17-7-2-1-4-14(17)12-18(25)26-11-10-24-9-8-22-13-24/h3-13,27H,14-16H2,1-2H3;1-11,15,27H,12-14H2;2-13,26H,14-16H2,1H3;1-10,12,25H,11,13-14H2;1-9,13,23H,10-12H2. The van der Waals surface area contributed by atoms with Crippen LogP contribution in [0, 0.1) is 0 Å². The number of para-hydroxylation sites is 13. The molecule has 16 aromatic rings. The molecule has 0 unspecified atom stereocenters. The van der Waals surface area contributed by atoms with Crippen LogP contribution in [0.4, 0.5) is 68.2 Å². The molecule has 0 radical (unpaired) electrons. The Morgan fingerprint density at radius 2 is 0.634 bits per heavy atom. The highest BCUT2D eigenvalue weighted by Crippen LogP contribution is 2.40. The third kappa shape index (κ3) is 33.9. The summed E-state index contributed by atoms with van der Waals surface area (Å²) in [5.41, 5.74) is 17.0. The topological polar surface area (TPSA) is 247 Å². The minimum Gasteiger partial charge on any atom is -0.465 e. The van der Waals surface area contributed by atoms with Crippen LogP contribution in [-0.4, -0.2) is 115 Å². The molecule has 22 nitrogen and oxygen atoms in total.